The first-order valence-corrected chi connectivity index (χ1v) is 5.17. The Morgan fingerprint density at radius 1 is 1.43 bits per heavy atom. The Morgan fingerprint density at radius 2 is 1.79 bits per heavy atom. The summed E-state index contributed by atoms with van der Waals surface area (Å²) in [7, 11) is -1.46. The van der Waals surface area contributed by atoms with Gasteiger partial charge in [-0.3, -0.25) is 8.74 Å². The second-order valence-electron chi connectivity index (χ2n) is 2.43. The van der Waals surface area contributed by atoms with E-state index in [0.29, 0.717) is 6.54 Å². The Kier molecular flexibility index (Phi) is 9.36. The van der Waals surface area contributed by atoms with Gasteiger partial charge in [-0.05, 0) is 13.6 Å². The topological polar surface area (TPSA) is 107 Å². The Bertz CT molecular complexity index is 214. The van der Waals surface area contributed by atoms with Crippen LogP contribution in [-0.4, -0.2) is 61.6 Å². The minimum Gasteiger partial charge on any atom is -0.367 e. The Morgan fingerprint density at radius 3 is 1.86 bits per heavy atom. The van der Waals surface area contributed by atoms with Crippen LogP contribution in [0.4, 0.5) is 0 Å². The van der Waals surface area contributed by atoms with Gasteiger partial charge in [0, 0.05) is 6.54 Å². The molecular formula is C6H17NO6S. The zero-order chi connectivity index (χ0) is 11.8. The van der Waals surface area contributed by atoms with Gasteiger partial charge in [0.2, 0.25) is 0 Å². The van der Waals surface area contributed by atoms with E-state index < -0.39 is 16.7 Å². The van der Waals surface area contributed by atoms with Crippen molar-refractivity contribution >= 4 is 10.4 Å². The fraction of sp³-hybridized carbons (Fsp3) is 1.00. The first kappa shape index (κ1) is 16.2. The smallest absolute Gasteiger partial charge is 0.367 e. The van der Waals surface area contributed by atoms with Gasteiger partial charge in [0.15, 0.2) is 6.29 Å². The van der Waals surface area contributed by atoms with E-state index in [0.717, 1.165) is 13.7 Å². The molecule has 0 aliphatic rings. The molecule has 0 amide bonds. The first-order chi connectivity index (χ1) is 6.22. The van der Waals surface area contributed by atoms with Gasteiger partial charge in [-0.2, -0.15) is 8.42 Å². The van der Waals surface area contributed by atoms with Crippen LogP contribution in [-0.2, 0) is 14.6 Å². The molecule has 7 nitrogen and oxygen atoms in total. The molecule has 88 valence electrons. The van der Waals surface area contributed by atoms with Crippen molar-refractivity contribution in [3.8, 4) is 0 Å². The van der Waals surface area contributed by atoms with Crippen LogP contribution in [0.1, 0.15) is 6.92 Å². The van der Waals surface area contributed by atoms with Gasteiger partial charge in [-0.15, -0.1) is 0 Å². The summed E-state index contributed by atoms with van der Waals surface area (Å²) in [5, 5.41) is 16.7. The highest BCUT2D eigenvalue weighted by Crippen LogP contribution is 1.82. The van der Waals surface area contributed by atoms with Gasteiger partial charge in [-0.25, -0.2) is 0 Å². The number of likely N-dealkylation sites (N-methyl/N-ethyl adjacent to an activating group) is 1. The maximum Gasteiger partial charge on any atom is 0.397 e. The van der Waals surface area contributed by atoms with Crippen LogP contribution in [0.5, 0.6) is 0 Å². The normalized spacial score (nSPS) is 11.4. The SMILES string of the molecule is CCN(C)CC(O)O.COS(=O)(=O)O. The molecule has 0 saturated carbocycles. The van der Waals surface area contributed by atoms with Crippen LogP contribution in [0.2, 0.25) is 0 Å². The summed E-state index contributed by atoms with van der Waals surface area (Å²) in [5.41, 5.74) is 0. The van der Waals surface area contributed by atoms with Crippen LogP contribution < -0.4 is 0 Å². The number of aliphatic hydroxyl groups excluding tert-OH is 1. The second kappa shape index (κ2) is 8.09. The van der Waals surface area contributed by atoms with Crippen molar-refractivity contribution in [2.75, 3.05) is 27.2 Å². The van der Waals surface area contributed by atoms with Gasteiger partial charge in [0.25, 0.3) is 0 Å². The van der Waals surface area contributed by atoms with E-state index in [1.165, 1.54) is 0 Å². The summed E-state index contributed by atoms with van der Waals surface area (Å²) in [6.45, 7) is 3.14. The van der Waals surface area contributed by atoms with Gasteiger partial charge in [-0.1, -0.05) is 6.92 Å². The number of rotatable bonds is 4. The molecular weight excluding hydrogens is 214 g/mol. The van der Waals surface area contributed by atoms with E-state index in [-0.39, 0.29) is 0 Å². The van der Waals surface area contributed by atoms with E-state index in [1.54, 1.807) is 0 Å². The highest BCUT2D eigenvalue weighted by atomic mass is 32.3. The maximum atomic E-state index is 9.33. The summed E-state index contributed by atoms with van der Waals surface area (Å²) in [4.78, 5) is 1.82. The van der Waals surface area contributed by atoms with Crippen LogP contribution in [0.25, 0.3) is 0 Å². The third-order valence-electron chi connectivity index (χ3n) is 1.23. The summed E-state index contributed by atoms with van der Waals surface area (Å²) < 4.78 is 29.7. The molecule has 0 aliphatic carbocycles. The van der Waals surface area contributed by atoms with Gasteiger partial charge in [0.05, 0.1) is 7.11 Å². The molecule has 0 rings (SSSR count). The minimum atomic E-state index is -4.16. The molecule has 14 heavy (non-hydrogen) atoms. The zero-order valence-electron chi connectivity index (χ0n) is 8.41. The van der Waals surface area contributed by atoms with Crippen LogP contribution in [0, 0.1) is 0 Å². The van der Waals surface area contributed by atoms with Gasteiger partial charge < -0.3 is 15.1 Å². The lowest BCUT2D eigenvalue weighted by atomic mass is 10.5. The molecule has 0 saturated heterocycles. The van der Waals surface area contributed by atoms with E-state index in [2.05, 4.69) is 4.18 Å². The fourth-order valence-corrected chi connectivity index (χ4v) is 0.408. The van der Waals surface area contributed by atoms with E-state index in [9.17, 15) is 8.42 Å². The standard InChI is InChI=1S/C5H13NO2.CH4O4S/c1-3-6(2)4-5(7)8;1-5-6(2,3)4/h5,7-8H,3-4H2,1-2H3;1H3,(H,2,3,4). The summed E-state index contributed by atoms with van der Waals surface area (Å²) >= 11 is 0. The van der Waals surface area contributed by atoms with E-state index in [1.807, 2.05) is 18.9 Å². The monoisotopic (exact) mass is 231 g/mol. The highest BCUT2D eigenvalue weighted by Gasteiger charge is 1.99. The molecule has 0 aromatic carbocycles. The van der Waals surface area contributed by atoms with Crippen molar-refractivity contribution < 1.29 is 27.4 Å². The largest absolute Gasteiger partial charge is 0.397 e. The molecule has 0 fully saturated rings. The van der Waals surface area contributed by atoms with Crippen molar-refractivity contribution in [1.29, 1.82) is 0 Å². The molecule has 0 aromatic heterocycles. The van der Waals surface area contributed by atoms with Crippen molar-refractivity contribution in [2.45, 2.75) is 13.2 Å². The number of aliphatic hydroxyl groups is 2. The quantitative estimate of drug-likeness (QED) is 0.407. The predicted octanol–water partition coefficient (Wildman–Crippen LogP) is -1.32. The molecule has 3 N–H and O–H groups in total. The number of nitrogens with zero attached hydrogens (tertiary/aromatic N) is 1. The third kappa shape index (κ3) is 17.7. The highest BCUT2D eigenvalue weighted by molar-refractivity contribution is 7.80. The van der Waals surface area contributed by atoms with E-state index in [4.69, 9.17) is 14.8 Å². The average molecular weight is 231 g/mol. The average Bonchev–Trinajstić information content (AvgIpc) is 2.03. The predicted molar refractivity (Wildman–Crippen MR) is 50.0 cm³/mol. The molecule has 0 heterocycles. The van der Waals surface area contributed by atoms with Gasteiger partial charge in [0.1, 0.15) is 0 Å². The lowest BCUT2D eigenvalue weighted by Crippen LogP contribution is -2.28. The van der Waals surface area contributed by atoms with E-state index >= 15 is 0 Å². The lowest BCUT2D eigenvalue weighted by Gasteiger charge is -2.13. The summed E-state index contributed by atoms with van der Waals surface area (Å²) in [5.74, 6) is 0. The lowest BCUT2D eigenvalue weighted by molar-refractivity contribution is -0.0565. The first-order valence-electron chi connectivity index (χ1n) is 3.80. The maximum absolute atomic E-state index is 9.33. The third-order valence-corrected chi connectivity index (χ3v) is 1.65. The van der Waals surface area contributed by atoms with Crippen molar-refractivity contribution in [2.24, 2.45) is 0 Å². The number of hydrogen-bond donors (Lipinski definition) is 3. The van der Waals surface area contributed by atoms with Crippen molar-refractivity contribution in [1.82, 2.24) is 4.90 Å². The Labute approximate surface area is 83.9 Å². The van der Waals surface area contributed by atoms with Crippen LogP contribution in [0.3, 0.4) is 0 Å². The molecule has 0 atom stereocenters. The van der Waals surface area contributed by atoms with Crippen LogP contribution >= 0.6 is 0 Å². The Hall–Kier alpha value is -0.250. The molecule has 0 radical (unpaired) electrons. The van der Waals surface area contributed by atoms with Crippen molar-refractivity contribution in [3.63, 3.8) is 0 Å². The molecule has 0 aliphatic heterocycles. The molecule has 0 bridgehead atoms. The van der Waals surface area contributed by atoms with Crippen molar-refractivity contribution in [3.05, 3.63) is 0 Å². The molecule has 8 heteroatoms. The Balaban J connectivity index is 0. The number of hydrogen-bond acceptors (Lipinski definition) is 6. The molecule has 0 spiro atoms. The second-order valence-corrected chi connectivity index (χ2v) is 3.62. The zero-order valence-corrected chi connectivity index (χ0v) is 9.23. The summed E-state index contributed by atoms with van der Waals surface area (Å²) in [6, 6.07) is 0. The van der Waals surface area contributed by atoms with Crippen LogP contribution in [0.15, 0.2) is 0 Å². The summed E-state index contributed by atoms with van der Waals surface area (Å²) in [6.07, 6.45) is -1.19. The molecule has 0 aromatic rings. The van der Waals surface area contributed by atoms with Gasteiger partial charge >= 0.3 is 10.4 Å². The molecule has 0 unspecified atom stereocenters. The minimum absolute atomic E-state index is 0.330. The fourth-order valence-electron chi connectivity index (χ4n) is 0.408.